The number of furan rings is 1. The molecule has 7 nitrogen and oxygen atoms in total. The maximum atomic E-state index is 12.4. The van der Waals surface area contributed by atoms with E-state index in [0.29, 0.717) is 25.4 Å². The second kappa shape index (κ2) is 7.35. The number of nitrogens with one attached hydrogen (secondary N) is 1. The highest BCUT2D eigenvalue weighted by Crippen LogP contribution is 2.25. The number of carbonyl (C=O) groups excluding carboxylic acids is 1. The first-order valence-corrected chi connectivity index (χ1v) is 8.47. The summed E-state index contributed by atoms with van der Waals surface area (Å²) in [5.74, 6) is -0.147. The van der Waals surface area contributed by atoms with Gasteiger partial charge in [-0.05, 0) is 18.2 Å². The number of nitrogens with zero attached hydrogens (tertiary/aromatic N) is 2. The van der Waals surface area contributed by atoms with Crippen LogP contribution in [0.4, 0.5) is 0 Å². The highest BCUT2D eigenvalue weighted by Gasteiger charge is 2.44. The minimum absolute atomic E-state index is 0.0992. The van der Waals surface area contributed by atoms with E-state index in [-0.39, 0.29) is 24.1 Å². The van der Waals surface area contributed by atoms with Gasteiger partial charge in [-0.15, -0.1) is 0 Å². The van der Waals surface area contributed by atoms with E-state index < -0.39 is 0 Å². The van der Waals surface area contributed by atoms with Gasteiger partial charge in [-0.1, -0.05) is 6.07 Å². The molecule has 0 aliphatic carbocycles. The summed E-state index contributed by atoms with van der Waals surface area (Å²) in [4.78, 5) is 19.0. The number of fused-ring (bicyclic) bond motifs is 1. The molecule has 2 saturated heterocycles. The molecule has 7 heteroatoms. The van der Waals surface area contributed by atoms with Crippen LogP contribution >= 0.6 is 0 Å². The molecule has 25 heavy (non-hydrogen) atoms. The molecule has 132 valence electrons. The molecule has 0 saturated carbocycles. The molecule has 0 radical (unpaired) electrons. The summed E-state index contributed by atoms with van der Waals surface area (Å²) in [5, 5.41) is 3.08. The number of carbonyl (C=O) groups is 1. The number of hydrogen-bond donors (Lipinski definition) is 1. The minimum Gasteiger partial charge on any atom is -0.472 e. The molecule has 2 aliphatic heterocycles. The predicted octanol–water partition coefficient (Wildman–Crippen LogP) is 1.07. The predicted molar refractivity (Wildman–Crippen MR) is 89.0 cm³/mol. The Morgan fingerprint density at radius 3 is 3.16 bits per heavy atom. The topological polar surface area (TPSA) is 76.8 Å². The van der Waals surface area contributed by atoms with Crippen LogP contribution in [0.5, 0.6) is 0 Å². The van der Waals surface area contributed by atoms with Crippen LogP contribution < -0.4 is 5.32 Å². The van der Waals surface area contributed by atoms with Crippen LogP contribution in [0.15, 0.2) is 47.4 Å². The Bertz CT molecular complexity index is 692. The van der Waals surface area contributed by atoms with Gasteiger partial charge in [0.25, 0.3) is 5.91 Å². The monoisotopic (exact) mass is 343 g/mol. The molecule has 0 aromatic carbocycles. The SMILES string of the molecule is O=C(N[C@@H]1CN2CCOC[C@@H]2[C@@H]1OCc1ccccn1)c1ccoc1. The summed E-state index contributed by atoms with van der Waals surface area (Å²) in [5.41, 5.74) is 1.39. The van der Waals surface area contributed by atoms with Crippen molar-refractivity contribution in [3.63, 3.8) is 0 Å². The average molecular weight is 343 g/mol. The number of pyridine rings is 1. The second-order valence-electron chi connectivity index (χ2n) is 6.33. The Morgan fingerprint density at radius 1 is 1.40 bits per heavy atom. The van der Waals surface area contributed by atoms with Gasteiger partial charge in [0.05, 0.1) is 55.5 Å². The van der Waals surface area contributed by atoms with Crippen molar-refractivity contribution in [2.45, 2.75) is 24.8 Å². The Kier molecular flexibility index (Phi) is 4.78. The van der Waals surface area contributed by atoms with E-state index in [1.165, 1.54) is 12.5 Å². The van der Waals surface area contributed by atoms with E-state index in [1.54, 1.807) is 12.3 Å². The zero-order chi connectivity index (χ0) is 17.1. The zero-order valence-electron chi connectivity index (χ0n) is 13.8. The zero-order valence-corrected chi connectivity index (χ0v) is 13.8. The third-order valence-corrected chi connectivity index (χ3v) is 4.74. The molecule has 0 spiro atoms. The lowest BCUT2D eigenvalue weighted by molar-refractivity contribution is -0.0537. The fourth-order valence-electron chi connectivity index (χ4n) is 3.48. The number of aromatic nitrogens is 1. The van der Waals surface area contributed by atoms with Gasteiger partial charge < -0.3 is 19.2 Å². The average Bonchev–Trinajstić information content (AvgIpc) is 3.29. The molecular weight excluding hydrogens is 322 g/mol. The molecule has 2 aromatic heterocycles. The molecule has 2 aromatic rings. The summed E-state index contributed by atoms with van der Waals surface area (Å²) in [6.07, 6.45) is 4.56. The van der Waals surface area contributed by atoms with Crippen LogP contribution in [0.25, 0.3) is 0 Å². The van der Waals surface area contributed by atoms with E-state index in [4.69, 9.17) is 13.9 Å². The van der Waals surface area contributed by atoms with E-state index in [0.717, 1.165) is 18.8 Å². The van der Waals surface area contributed by atoms with Crippen molar-refractivity contribution in [1.82, 2.24) is 15.2 Å². The lowest BCUT2D eigenvalue weighted by Gasteiger charge is -2.32. The van der Waals surface area contributed by atoms with Crippen molar-refractivity contribution in [2.24, 2.45) is 0 Å². The third kappa shape index (κ3) is 3.58. The van der Waals surface area contributed by atoms with Crippen molar-refractivity contribution in [1.29, 1.82) is 0 Å². The summed E-state index contributed by atoms with van der Waals surface area (Å²) in [6.45, 7) is 3.35. The van der Waals surface area contributed by atoms with E-state index in [9.17, 15) is 4.79 Å². The summed E-state index contributed by atoms with van der Waals surface area (Å²) in [6, 6.07) is 7.45. The van der Waals surface area contributed by atoms with Crippen LogP contribution in [-0.2, 0) is 16.1 Å². The van der Waals surface area contributed by atoms with Crippen LogP contribution in [0.1, 0.15) is 16.1 Å². The highest BCUT2D eigenvalue weighted by molar-refractivity contribution is 5.94. The molecule has 4 heterocycles. The number of morpholine rings is 1. The number of hydrogen-bond acceptors (Lipinski definition) is 6. The fraction of sp³-hybridized carbons (Fsp3) is 0.444. The quantitative estimate of drug-likeness (QED) is 0.875. The second-order valence-corrected chi connectivity index (χ2v) is 6.33. The van der Waals surface area contributed by atoms with Crippen LogP contribution in [-0.4, -0.2) is 60.3 Å². The molecule has 2 fully saturated rings. The van der Waals surface area contributed by atoms with Gasteiger partial charge in [0.1, 0.15) is 6.26 Å². The van der Waals surface area contributed by atoms with Crippen molar-refractivity contribution in [2.75, 3.05) is 26.3 Å². The summed E-state index contributed by atoms with van der Waals surface area (Å²) in [7, 11) is 0. The number of amides is 1. The fourth-order valence-corrected chi connectivity index (χ4v) is 3.48. The molecular formula is C18H21N3O4. The molecule has 3 atom stereocenters. The Hall–Kier alpha value is -2.22. The van der Waals surface area contributed by atoms with Crippen molar-refractivity contribution in [3.8, 4) is 0 Å². The molecule has 0 unspecified atom stereocenters. The van der Waals surface area contributed by atoms with E-state index in [1.807, 2.05) is 18.2 Å². The van der Waals surface area contributed by atoms with Crippen LogP contribution in [0.2, 0.25) is 0 Å². The third-order valence-electron chi connectivity index (χ3n) is 4.74. The highest BCUT2D eigenvalue weighted by atomic mass is 16.5. The van der Waals surface area contributed by atoms with Crippen LogP contribution in [0.3, 0.4) is 0 Å². The number of rotatable bonds is 5. The van der Waals surface area contributed by atoms with Crippen molar-refractivity contribution < 1.29 is 18.7 Å². The summed E-state index contributed by atoms with van der Waals surface area (Å²) >= 11 is 0. The maximum absolute atomic E-state index is 12.4. The van der Waals surface area contributed by atoms with Crippen molar-refractivity contribution >= 4 is 5.91 Å². The van der Waals surface area contributed by atoms with Gasteiger partial charge in [-0.2, -0.15) is 0 Å². The first kappa shape index (κ1) is 16.3. The van der Waals surface area contributed by atoms with Gasteiger partial charge in [-0.3, -0.25) is 14.7 Å². The van der Waals surface area contributed by atoms with Crippen molar-refractivity contribution in [3.05, 3.63) is 54.2 Å². The normalized spacial score (nSPS) is 26.3. The Labute approximate surface area is 145 Å². The number of ether oxygens (including phenoxy) is 2. The molecule has 1 amide bonds. The first-order valence-electron chi connectivity index (χ1n) is 8.47. The summed E-state index contributed by atoms with van der Waals surface area (Å²) < 4.78 is 16.8. The lowest BCUT2D eigenvalue weighted by atomic mass is 10.1. The largest absolute Gasteiger partial charge is 0.472 e. The Balaban J connectivity index is 1.46. The van der Waals surface area contributed by atoms with Gasteiger partial charge in [0.15, 0.2) is 0 Å². The minimum atomic E-state index is -0.147. The lowest BCUT2D eigenvalue weighted by Crippen LogP contribution is -2.48. The standard InChI is InChI=1S/C18H21N3O4/c22-18(13-4-7-23-10-13)20-15-9-21-6-8-24-12-16(21)17(15)25-11-14-3-1-2-5-19-14/h1-5,7,10,15-17H,6,8-9,11-12H2,(H,20,22)/t15-,16-,17-/m1/s1. The molecule has 2 aliphatic rings. The van der Waals surface area contributed by atoms with Gasteiger partial charge in [-0.25, -0.2) is 0 Å². The maximum Gasteiger partial charge on any atom is 0.254 e. The van der Waals surface area contributed by atoms with Gasteiger partial charge >= 0.3 is 0 Å². The smallest absolute Gasteiger partial charge is 0.254 e. The van der Waals surface area contributed by atoms with Gasteiger partial charge in [0, 0.05) is 19.3 Å². The van der Waals surface area contributed by atoms with E-state index >= 15 is 0 Å². The molecule has 0 bridgehead atoms. The first-order chi connectivity index (χ1) is 12.3. The molecule has 1 N–H and O–H groups in total. The van der Waals surface area contributed by atoms with E-state index in [2.05, 4.69) is 15.2 Å². The molecule has 4 rings (SSSR count). The van der Waals surface area contributed by atoms with Crippen LogP contribution in [0, 0.1) is 0 Å². The Morgan fingerprint density at radius 2 is 2.36 bits per heavy atom. The van der Waals surface area contributed by atoms with Gasteiger partial charge in [0.2, 0.25) is 0 Å².